The summed E-state index contributed by atoms with van der Waals surface area (Å²) < 4.78 is 0. The number of fused-ring (bicyclic) bond motifs is 1. The highest BCUT2D eigenvalue weighted by molar-refractivity contribution is 7.14. The molecule has 1 saturated heterocycles. The van der Waals surface area contributed by atoms with Crippen molar-refractivity contribution < 1.29 is 14.4 Å². The molecule has 6 nitrogen and oxygen atoms in total. The van der Waals surface area contributed by atoms with Gasteiger partial charge in [-0.05, 0) is 56.6 Å². The summed E-state index contributed by atoms with van der Waals surface area (Å²) >= 11 is 1.61. The maximum atomic E-state index is 12.6. The van der Waals surface area contributed by atoms with Gasteiger partial charge in [0.2, 0.25) is 0 Å². The van der Waals surface area contributed by atoms with Crippen LogP contribution in [0.2, 0.25) is 0 Å². The second-order valence-corrected chi connectivity index (χ2v) is 9.04. The van der Waals surface area contributed by atoms with E-state index in [1.807, 2.05) is 6.07 Å². The Bertz CT molecular complexity index is 728. The lowest BCUT2D eigenvalue weighted by atomic mass is 9.98. The molecular weight excluding hydrogens is 362 g/mol. The third kappa shape index (κ3) is 3.61. The number of urea groups is 1. The maximum absolute atomic E-state index is 12.6. The number of thiophene rings is 1. The molecule has 4 rings (SSSR count). The number of hydrogen-bond acceptors (Lipinski definition) is 4. The third-order valence-electron chi connectivity index (χ3n) is 6.02. The number of rotatable bonds is 5. The Morgan fingerprint density at radius 1 is 1.15 bits per heavy atom. The van der Waals surface area contributed by atoms with E-state index in [-0.39, 0.29) is 17.8 Å². The van der Waals surface area contributed by atoms with Gasteiger partial charge in [-0.1, -0.05) is 19.3 Å². The van der Waals surface area contributed by atoms with E-state index in [9.17, 15) is 14.4 Å². The number of carbonyl (C=O) groups excluding carboxylic acids is 3. The lowest BCUT2D eigenvalue weighted by molar-refractivity contribution is -0.131. The summed E-state index contributed by atoms with van der Waals surface area (Å²) in [5.41, 5.74) is 0.693. The average molecular weight is 390 g/mol. The molecule has 0 unspecified atom stereocenters. The first-order valence-electron chi connectivity index (χ1n) is 10.1. The molecular formula is C20H27N3O3S. The van der Waals surface area contributed by atoms with E-state index in [2.05, 4.69) is 10.6 Å². The molecule has 1 spiro atoms. The zero-order valence-corrected chi connectivity index (χ0v) is 16.5. The number of aryl methyl sites for hydroxylation is 2. The van der Waals surface area contributed by atoms with Crippen LogP contribution in [0, 0.1) is 0 Å². The predicted molar refractivity (Wildman–Crippen MR) is 104 cm³/mol. The minimum atomic E-state index is -0.644. The van der Waals surface area contributed by atoms with Crippen LogP contribution in [0.4, 0.5) is 4.79 Å². The van der Waals surface area contributed by atoms with Gasteiger partial charge in [0.25, 0.3) is 11.8 Å². The molecule has 1 saturated carbocycles. The number of imide groups is 1. The van der Waals surface area contributed by atoms with Crippen LogP contribution in [0.5, 0.6) is 0 Å². The first kappa shape index (κ1) is 18.5. The highest BCUT2D eigenvalue weighted by Gasteiger charge is 2.51. The quantitative estimate of drug-likeness (QED) is 0.462. The van der Waals surface area contributed by atoms with Crippen molar-refractivity contribution in [2.24, 2.45) is 0 Å². The van der Waals surface area contributed by atoms with Crippen LogP contribution in [0.15, 0.2) is 6.07 Å². The van der Waals surface area contributed by atoms with Gasteiger partial charge in [-0.15, -0.1) is 11.3 Å². The van der Waals surface area contributed by atoms with E-state index in [1.165, 1.54) is 34.6 Å². The summed E-state index contributed by atoms with van der Waals surface area (Å²) in [4.78, 5) is 40.6. The largest absolute Gasteiger partial charge is 0.351 e. The van der Waals surface area contributed by atoms with Crippen molar-refractivity contribution in [3.63, 3.8) is 0 Å². The van der Waals surface area contributed by atoms with Crippen LogP contribution in [-0.4, -0.2) is 41.4 Å². The van der Waals surface area contributed by atoms with Crippen molar-refractivity contribution in [1.29, 1.82) is 0 Å². The van der Waals surface area contributed by atoms with Crippen molar-refractivity contribution in [3.05, 3.63) is 21.4 Å². The molecule has 1 aliphatic heterocycles. The number of nitrogens with zero attached hydrogens (tertiary/aromatic N) is 1. The minimum Gasteiger partial charge on any atom is -0.351 e. The Labute approximate surface area is 163 Å². The van der Waals surface area contributed by atoms with Gasteiger partial charge in [0.15, 0.2) is 0 Å². The van der Waals surface area contributed by atoms with Gasteiger partial charge in [-0.2, -0.15) is 0 Å². The fourth-order valence-corrected chi connectivity index (χ4v) is 5.67. The van der Waals surface area contributed by atoms with Gasteiger partial charge < -0.3 is 10.6 Å². The molecule has 0 radical (unpaired) electrons. The van der Waals surface area contributed by atoms with E-state index < -0.39 is 5.54 Å². The molecule has 2 fully saturated rings. The molecule has 27 heavy (non-hydrogen) atoms. The van der Waals surface area contributed by atoms with E-state index in [1.54, 1.807) is 11.3 Å². The summed E-state index contributed by atoms with van der Waals surface area (Å²) in [5, 5.41) is 5.83. The highest BCUT2D eigenvalue weighted by Crippen LogP contribution is 2.35. The fraction of sp³-hybridized carbons (Fsp3) is 0.650. The fourth-order valence-electron chi connectivity index (χ4n) is 4.50. The van der Waals surface area contributed by atoms with Crippen LogP contribution < -0.4 is 10.6 Å². The van der Waals surface area contributed by atoms with Gasteiger partial charge >= 0.3 is 6.03 Å². The van der Waals surface area contributed by atoms with Crippen LogP contribution in [0.1, 0.15) is 71.5 Å². The molecule has 2 heterocycles. The summed E-state index contributed by atoms with van der Waals surface area (Å²) in [6.07, 6.45) is 9.89. The third-order valence-corrected chi connectivity index (χ3v) is 7.25. The average Bonchev–Trinajstić information content (AvgIpc) is 3.30. The van der Waals surface area contributed by atoms with Crippen LogP contribution in [0.25, 0.3) is 0 Å². The minimum absolute atomic E-state index is 0.0439. The van der Waals surface area contributed by atoms with Gasteiger partial charge in [0, 0.05) is 18.0 Å². The Morgan fingerprint density at radius 3 is 2.74 bits per heavy atom. The van der Waals surface area contributed by atoms with E-state index in [0.717, 1.165) is 43.4 Å². The smallest absolute Gasteiger partial charge is 0.325 e. The van der Waals surface area contributed by atoms with Crippen molar-refractivity contribution in [2.45, 2.75) is 69.7 Å². The molecule has 1 aromatic heterocycles. The monoisotopic (exact) mass is 389 g/mol. The van der Waals surface area contributed by atoms with Gasteiger partial charge in [0.1, 0.15) is 5.54 Å². The summed E-state index contributed by atoms with van der Waals surface area (Å²) in [6, 6.07) is 1.76. The first-order chi connectivity index (χ1) is 13.1. The number of carbonyl (C=O) groups is 3. The van der Waals surface area contributed by atoms with Crippen LogP contribution >= 0.6 is 11.3 Å². The molecule has 1 aromatic rings. The van der Waals surface area contributed by atoms with Crippen molar-refractivity contribution >= 4 is 29.2 Å². The standard InChI is InChI=1S/C20H27N3O3S/c24-17(16-13-14-7-2-1-3-8-15(14)27-16)21-11-6-12-23-18(25)20(22-19(23)26)9-4-5-10-20/h13H,1-12H2,(H,21,24)(H,22,26). The Kier molecular flexibility index (Phi) is 5.21. The van der Waals surface area contributed by atoms with Gasteiger partial charge in [-0.3, -0.25) is 14.5 Å². The number of nitrogens with one attached hydrogen (secondary N) is 2. The molecule has 0 bridgehead atoms. The highest BCUT2D eigenvalue weighted by atomic mass is 32.1. The van der Waals surface area contributed by atoms with Crippen molar-refractivity contribution in [3.8, 4) is 0 Å². The van der Waals surface area contributed by atoms with Crippen LogP contribution in [-0.2, 0) is 17.6 Å². The van der Waals surface area contributed by atoms with Crippen LogP contribution in [0.3, 0.4) is 0 Å². The number of amides is 4. The second-order valence-electron chi connectivity index (χ2n) is 7.91. The number of hydrogen-bond donors (Lipinski definition) is 2. The van der Waals surface area contributed by atoms with Gasteiger partial charge in [-0.25, -0.2) is 4.79 Å². The Balaban J connectivity index is 1.26. The first-order valence-corrected chi connectivity index (χ1v) is 10.9. The second kappa shape index (κ2) is 7.62. The summed E-state index contributed by atoms with van der Waals surface area (Å²) in [6.45, 7) is 0.819. The summed E-state index contributed by atoms with van der Waals surface area (Å²) in [5.74, 6) is -0.129. The van der Waals surface area contributed by atoms with Crippen molar-refractivity contribution in [1.82, 2.24) is 15.5 Å². The lowest BCUT2D eigenvalue weighted by Crippen LogP contribution is -2.44. The summed E-state index contributed by atoms with van der Waals surface area (Å²) in [7, 11) is 0. The van der Waals surface area contributed by atoms with E-state index in [0.29, 0.717) is 19.5 Å². The topological polar surface area (TPSA) is 78.5 Å². The molecule has 146 valence electrons. The Hall–Kier alpha value is -1.89. The zero-order chi connectivity index (χ0) is 18.9. The maximum Gasteiger partial charge on any atom is 0.325 e. The molecule has 0 aromatic carbocycles. The van der Waals surface area contributed by atoms with E-state index >= 15 is 0 Å². The van der Waals surface area contributed by atoms with E-state index in [4.69, 9.17) is 0 Å². The SMILES string of the molecule is O=C(NCCCN1C(=O)NC2(CCCC2)C1=O)c1cc2c(s1)CCCCC2. The molecule has 2 N–H and O–H groups in total. The molecule has 0 atom stereocenters. The molecule has 4 amide bonds. The Morgan fingerprint density at radius 2 is 1.93 bits per heavy atom. The lowest BCUT2D eigenvalue weighted by Gasteiger charge is -2.20. The predicted octanol–water partition coefficient (Wildman–Crippen LogP) is 3.00. The molecule has 7 heteroatoms. The molecule has 2 aliphatic carbocycles. The normalized spacial score (nSPS) is 21.3. The van der Waals surface area contributed by atoms with Crippen molar-refractivity contribution in [2.75, 3.05) is 13.1 Å². The molecule has 3 aliphatic rings. The van der Waals surface area contributed by atoms with Gasteiger partial charge in [0.05, 0.1) is 4.88 Å². The zero-order valence-electron chi connectivity index (χ0n) is 15.6.